The van der Waals surface area contributed by atoms with Crippen LogP contribution in [0.25, 0.3) is 0 Å². The summed E-state index contributed by atoms with van der Waals surface area (Å²) in [5.41, 5.74) is 3.94. The lowest BCUT2D eigenvalue weighted by molar-refractivity contribution is 0.102. The summed E-state index contributed by atoms with van der Waals surface area (Å²) in [4.78, 5) is 16.7. The van der Waals surface area contributed by atoms with Gasteiger partial charge in [0.15, 0.2) is 0 Å². The average Bonchev–Trinajstić information content (AvgIpc) is 2.78. The van der Waals surface area contributed by atoms with Crippen LogP contribution < -0.4 is 5.32 Å². The normalized spacial score (nSPS) is 10.4. The Morgan fingerprint density at radius 2 is 1.35 bits per heavy atom. The molecule has 3 aromatic carbocycles. The zero-order valence-corrected chi connectivity index (χ0v) is 17.3. The van der Waals surface area contributed by atoms with Crippen molar-refractivity contribution in [1.29, 1.82) is 0 Å². The van der Waals surface area contributed by atoms with Crippen LogP contribution in [0.2, 0.25) is 0 Å². The molecule has 0 spiro atoms. The van der Waals surface area contributed by atoms with Gasteiger partial charge in [-0.15, -0.1) is 12.4 Å². The molecule has 0 fully saturated rings. The Balaban J connectivity index is 0.00000272. The van der Waals surface area contributed by atoms with E-state index in [1.807, 2.05) is 48.5 Å². The molecule has 31 heavy (non-hydrogen) atoms. The van der Waals surface area contributed by atoms with Gasteiger partial charge in [-0.1, -0.05) is 42.5 Å². The van der Waals surface area contributed by atoms with Crippen molar-refractivity contribution in [3.05, 3.63) is 120 Å². The lowest BCUT2D eigenvalue weighted by Crippen LogP contribution is -2.15. The zero-order valence-electron chi connectivity index (χ0n) is 16.5. The molecule has 1 heterocycles. The molecule has 0 bridgehead atoms. The van der Waals surface area contributed by atoms with Gasteiger partial charge in [0.25, 0.3) is 5.91 Å². The Kier molecular flexibility index (Phi) is 6.90. The quantitative estimate of drug-likeness (QED) is 0.371. The van der Waals surface area contributed by atoms with Crippen molar-refractivity contribution in [2.24, 2.45) is 0 Å². The molecule has 0 saturated carbocycles. The highest BCUT2D eigenvalue weighted by Crippen LogP contribution is 2.37. The highest BCUT2D eigenvalue weighted by molar-refractivity contribution is 6.04. The number of carbonyl (C=O) groups excluding carboxylic acids is 1. The number of para-hydroxylation sites is 1. The molecule has 1 aromatic heterocycles. The molecule has 0 saturated heterocycles. The highest BCUT2D eigenvalue weighted by atomic mass is 35.5. The molecule has 0 aliphatic carbocycles. The number of pyridine rings is 1. The maximum absolute atomic E-state index is 12.7. The summed E-state index contributed by atoms with van der Waals surface area (Å²) in [5, 5.41) is 22.4. The van der Waals surface area contributed by atoms with Gasteiger partial charge >= 0.3 is 0 Å². The number of benzene rings is 3. The molecular formula is C25H21ClN2O3. The number of carbonyl (C=O) groups is 1. The second-order valence-electron chi connectivity index (χ2n) is 6.90. The summed E-state index contributed by atoms with van der Waals surface area (Å²) in [7, 11) is 0. The molecule has 3 N–H and O–H groups in total. The fourth-order valence-electron chi connectivity index (χ4n) is 3.44. The van der Waals surface area contributed by atoms with Crippen LogP contribution in [0.3, 0.4) is 0 Å². The van der Waals surface area contributed by atoms with Gasteiger partial charge in [0.2, 0.25) is 0 Å². The number of halogens is 1. The second kappa shape index (κ2) is 9.78. The van der Waals surface area contributed by atoms with Crippen molar-refractivity contribution in [1.82, 2.24) is 4.98 Å². The maximum Gasteiger partial charge on any atom is 0.257 e. The highest BCUT2D eigenvalue weighted by Gasteiger charge is 2.21. The minimum absolute atomic E-state index is 0. The first-order chi connectivity index (χ1) is 14.6. The van der Waals surface area contributed by atoms with Gasteiger partial charge in [-0.3, -0.25) is 9.78 Å². The lowest BCUT2D eigenvalue weighted by atomic mass is 9.84. The van der Waals surface area contributed by atoms with E-state index in [1.165, 1.54) is 6.20 Å². The van der Waals surface area contributed by atoms with E-state index in [0.717, 1.165) is 16.7 Å². The minimum atomic E-state index is -0.245. The summed E-state index contributed by atoms with van der Waals surface area (Å²) in [5.74, 6) is -0.0925. The first-order valence-corrected chi connectivity index (χ1v) is 9.50. The fourth-order valence-corrected chi connectivity index (χ4v) is 3.44. The standard InChI is InChI=1S/C25H20N2O3.ClH/c28-20-11-7-17(8-12-20)24(18-9-13-21(29)14-10-18)22-5-1-2-6-23(22)27-25(30)19-4-3-15-26-16-19;/h1-16,24,28-29H,(H,27,30);1H. The summed E-state index contributed by atoms with van der Waals surface area (Å²) in [6.07, 6.45) is 3.14. The number of rotatable bonds is 5. The molecule has 156 valence electrons. The summed E-state index contributed by atoms with van der Waals surface area (Å²) < 4.78 is 0. The topological polar surface area (TPSA) is 82.5 Å². The number of aromatic nitrogens is 1. The molecule has 0 aliphatic heterocycles. The molecule has 6 heteroatoms. The largest absolute Gasteiger partial charge is 0.508 e. The van der Waals surface area contributed by atoms with Crippen LogP contribution in [0.4, 0.5) is 5.69 Å². The van der Waals surface area contributed by atoms with Crippen molar-refractivity contribution < 1.29 is 15.0 Å². The zero-order chi connectivity index (χ0) is 20.9. The van der Waals surface area contributed by atoms with E-state index in [2.05, 4.69) is 10.3 Å². The summed E-state index contributed by atoms with van der Waals surface area (Å²) in [6, 6.07) is 25.0. The van der Waals surface area contributed by atoms with E-state index in [1.54, 1.807) is 42.6 Å². The predicted molar refractivity (Wildman–Crippen MR) is 123 cm³/mol. The molecule has 0 aliphatic rings. The van der Waals surface area contributed by atoms with Crippen LogP contribution in [0, 0.1) is 0 Å². The van der Waals surface area contributed by atoms with Crippen molar-refractivity contribution in [2.45, 2.75) is 5.92 Å². The van der Waals surface area contributed by atoms with Gasteiger partial charge in [0.05, 0.1) is 5.56 Å². The predicted octanol–water partition coefficient (Wildman–Crippen LogP) is 5.35. The van der Waals surface area contributed by atoms with Gasteiger partial charge in [-0.2, -0.15) is 0 Å². The van der Waals surface area contributed by atoms with Crippen LogP contribution in [-0.2, 0) is 0 Å². The summed E-state index contributed by atoms with van der Waals surface area (Å²) in [6.45, 7) is 0. The van der Waals surface area contributed by atoms with Crippen LogP contribution >= 0.6 is 12.4 Å². The molecule has 4 aromatic rings. The fraction of sp³-hybridized carbons (Fsp3) is 0.0400. The number of amides is 1. The monoisotopic (exact) mass is 432 g/mol. The number of hydrogen-bond donors (Lipinski definition) is 3. The average molecular weight is 433 g/mol. The summed E-state index contributed by atoms with van der Waals surface area (Å²) >= 11 is 0. The molecular weight excluding hydrogens is 412 g/mol. The van der Waals surface area contributed by atoms with E-state index in [-0.39, 0.29) is 35.7 Å². The van der Waals surface area contributed by atoms with E-state index < -0.39 is 0 Å². The number of phenols is 2. The molecule has 0 unspecified atom stereocenters. The first kappa shape index (κ1) is 21.9. The number of hydrogen-bond acceptors (Lipinski definition) is 4. The van der Waals surface area contributed by atoms with Crippen molar-refractivity contribution in [2.75, 3.05) is 5.32 Å². The third-order valence-electron chi connectivity index (χ3n) is 4.90. The third-order valence-corrected chi connectivity index (χ3v) is 4.90. The third kappa shape index (κ3) is 5.02. The van der Waals surface area contributed by atoms with Crippen LogP contribution in [0.1, 0.15) is 33.0 Å². The Labute approximate surface area is 186 Å². The van der Waals surface area contributed by atoms with E-state index >= 15 is 0 Å². The smallest absolute Gasteiger partial charge is 0.257 e. The number of phenolic OH excluding ortho intramolecular Hbond substituents is 2. The minimum Gasteiger partial charge on any atom is -0.508 e. The van der Waals surface area contributed by atoms with Crippen molar-refractivity contribution in [3.8, 4) is 11.5 Å². The molecule has 0 atom stereocenters. The molecule has 5 nitrogen and oxygen atoms in total. The Morgan fingerprint density at radius 1 is 0.774 bits per heavy atom. The Hall–Kier alpha value is -3.83. The van der Waals surface area contributed by atoms with E-state index in [9.17, 15) is 15.0 Å². The molecule has 0 radical (unpaired) electrons. The lowest BCUT2D eigenvalue weighted by Gasteiger charge is -2.22. The number of nitrogens with one attached hydrogen (secondary N) is 1. The second-order valence-corrected chi connectivity index (χ2v) is 6.90. The van der Waals surface area contributed by atoms with Crippen molar-refractivity contribution in [3.63, 3.8) is 0 Å². The van der Waals surface area contributed by atoms with Crippen LogP contribution in [-0.4, -0.2) is 21.1 Å². The van der Waals surface area contributed by atoms with Crippen LogP contribution in [0.15, 0.2) is 97.3 Å². The van der Waals surface area contributed by atoms with Gasteiger partial charge in [-0.05, 0) is 59.2 Å². The number of anilines is 1. The maximum atomic E-state index is 12.7. The Bertz CT molecular complexity index is 1100. The van der Waals surface area contributed by atoms with E-state index in [4.69, 9.17) is 0 Å². The molecule has 4 rings (SSSR count). The first-order valence-electron chi connectivity index (χ1n) is 9.50. The van der Waals surface area contributed by atoms with Crippen LogP contribution in [0.5, 0.6) is 11.5 Å². The number of aromatic hydroxyl groups is 2. The SMILES string of the molecule is Cl.O=C(Nc1ccccc1C(c1ccc(O)cc1)c1ccc(O)cc1)c1cccnc1. The van der Waals surface area contributed by atoms with Crippen molar-refractivity contribution >= 4 is 24.0 Å². The number of nitrogens with zero attached hydrogens (tertiary/aromatic N) is 1. The Morgan fingerprint density at radius 3 is 1.90 bits per heavy atom. The van der Waals surface area contributed by atoms with Gasteiger partial charge in [0, 0.05) is 24.0 Å². The van der Waals surface area contributed by atoms with E-state index in [0.29, 0.717) is 11.3 Å². The molecule has 1 amide bonds. The van der Waals surface area contributed by atoms with Gasteiger partial charge in [0.1, 0.15) is 11.5 Å². The van der Waals surface area contributed by atoms with Gasteiger partial charge < -0.3 is 15.5 Å². The van der Waals surface area contributed by atoms with Gasteiger partial charge in [-0.25, -0.2) is 0 Å².